The molecule has 3 atom stereocenters. The molecular formula is C28H36F4N4O2. The van der Waals surface area contributed by atoms with Crippen LogP contribution in [0.1, 0.15) is 55.1 Å². The third-order valence-corrected chi connectivity index (χ3v) is 7.00. The Kier molecular flexibility index (Phi) is 9.07. The summed E-state index contributed by atoms with van der Waals surface area (Å²) in [5.74, 6) is -0.451. The van der Waals surface area contributed by atoms with Crippen molar-refractivity contribution in [2.45, 2.75) is 64.1 Å². The van der Waals surface area contributed by atoms with Crippen LogP contribution in [0.5, 0.6) is 0 Å². The van der Waals surface area contributed by atoms with Crippen LogP contribution < -0.4 is 5.32 Å². The summed E-state index contributed by atoms with van der Waals surface area (Å²) < 4.78 is 55.0. The van der Waals surface area contributed by atoms with Crippen molar-refractivity contribution in [3.63, 3.8) is 0 Å². The predicted octanol–water partition coefficient (Wildman–Crippen LogP) is 5.06. The van der Waals surface area contributed by atoms with E-state index in [4.69, 9.17) is 5.41 Å². The zero-order valence-electron chi connectivity index (χ0n) is 22.0. The number of nitrogens with zero attached hydrogens (tertiary/aromatic N) is 2. The lowest BCUT2D eigenvalue weighted by Crippen LogP contribution is -2.45. The molecule has 1 aromatic carbocycles. The monoisotopic (exact) mass is 536 g/mol. The van der Waals surface area contributed by atoms with Crippen LogP contribution in [-0.2, 0) is 12.7 Å². The third kappa shape index (κ3) is 6.64. The van der Waals surface area contributed by atoms with E-state index in [1.54, 1.807) is 4.90 Å². The highest BCUT2D eigenvalue weighted by molar-refractivity contribution is 5.96. The van der Waals surface area contributed by atoms with E-state index in [0.717, 1.165) is 29.0 Å². The second kappa shape index (κ2) is 11.7. The molecule has 1 amide bonds. The summed E-state index contributed by atoms with van der Waals surface area (Å²) in [5.41, 5.74) is -1.14. The molecule has 3 rings (SSSR count). The van der Waals surface area contributed by atoms with Crippen LogP contribution in [0, 0.1) is 11.3 Å². The van der Waals surface area contributed by atoms with Gasteiger partial charge in [-0.15, -0.1) is 0 Å². The van der Waals surface area contributed by atoms with E-state index < -0.39 is 47.6 Å². The molecule has 0 bridgehead atoms. The Balaban J connectivity index is 1.89. The number of carbonyl (C=O) groups excluding carboxylic acids is 1. The van der Waals surface area contributed by atoms with E-state index in [9.17, 15) is 27.5 Å². The molecule has 0 radical (unpaired) electrons. The number of benzene rings is 1. The summed E-state index contributed by atoms with van der Waals surface area (Å²) in [7, 11) is 0. The van der Waals surface area contributed by atoms with Gasteiger partial charge in [0.2, 0.25) is 0 Å². The summed E-state index contributed by atoms with van der Waals surface area (Å²) in [4.78, 5) is 15.6. The van der Waals surface area contributed by atoms with Gasteiger partial charge in [0.1, 0.15) is 12.3 Å². The highest BCUT2D eigenvalue weighted by Gasteiger charge is 2.43. The fourth-order valence-electron chi connectivity index (χ4n) is 4.76. The van der Waals surface area contributed by atoms with Gasteiger partial charge in [-0.2, -0.15) is 13.2 Å². The van der Waals surface area contributed by atoms with Gasteiger partial charge in [0.05, 0.1) is 23.2 Å². The molecule has 0 aliphatic carbocycles. The molecule has 0 aromatic heterocycles. The molecule has 2 unspecified atom stereocenters. The zero-order chi connectivity index (χ0) is 28.3. The van der Waals surface area contributed by atoms with Crippen LogP contribution >= 0.6 is 0 Å². The van der Waals surface area contributed by atoms with Crippen LogP contribution in [0.4, 0.5) is 17.6 Å². The first-order valence-corrected chi connectivity index (χ1v) is 12.7. The fourth-order valence-corrected chi connectivity index (χ4v) is 4.76. The largest absolute Gasteiger partial charge is 0.417 e. The summed E-state index contributed by atoms with van der Waals surface area (Å²) >= 11 is 0. The number of aliphatic hydroxyl groups is 1. The van der Waals surface area contributed by atoms with E-state index in [2.05, 4.69) is 25.7 Å². The lowest BCUT2D eigenvalue weighted by Gasteiger charge is -2.31. The predicted molar refractivity (Wildman–Crippen MR) is 139 cm³/mol. The van der Waals surface area contributed by atoms with Gasteiger partial charge in [-0.05, 0) is 49.0 Å². The highest BCUT2D eigenvalue weighted by atomic mass is 19.4. The molecule has 2 heterocycles. The van der Waals surface area contributed by atoms with Crippen molar-refractivity contribution in [2.75, 3.05) is 19.6 Å². The number of nitrogens with one attached hydrogen (secondary N) is 2. The minimum Gasteiger partial charge on any atom is -0.388 e. The molecule has 38 heavy (non-hydrogen) atoms. The Labute approximate surface area is 221 Å². The van der Waals surface area contributed by atoms with Gasteiger partial charge in [0.15, 0.2) is 5.96 Å². The average Bonchev–Trinajstić information content (AvgIpc) is 3.35. The van der Waals surface area contributed by atoms with Gasteiger partial charge >= 0.3 is 6.18 Å². The lowest BCUT2D eigenvalue weighted by molar-refractivity contribution is -0.138. The van der Waals surface area contributed by atoms with Crippen LogP contribution in [0.15, 0.2) is 54.7 Å². The number of β-amino-alcohol motifs (C(OH)–C–C–N with tert-alkyl or cyclic N) is 1. The quantitative estimate of drug-likeness (QED) is 0.304. The highest BCUT2D eigenvalue weighted by Crippen LogP contribution is 2.35. The zero-order valence-corrected chi connectivity index (χ0v) is 22.0. The van der Waals surface area contributed by atoms with Gasteiger partial charge in [0.25, 0.3) is 5.91 Å². The minimum absolute atomic E-state index is 0.0912. The lowest BCUT2D eigenvalue weighted by atomic mass is 9.84. The Morgan fingerprint density at radius 3 is 2.61 bits per heavy atom. The van der Waals surface area contributed by atoms with Crippen molar-refractivity contribution in [1.82, 2.24) is 15.1 Å². The first-order chi connectivity index (χ1) is 17.8. The first kappa shape index (κ1) is 29.4. The van der Waals surface area contributed by atoms with Crippen LogP contribution in [0.25, 0.3) is 0 Å². The number of aliphatic hydroxyl groups excluding tert-OH is 1. The summed E-state index contributed by atoms with van der Waals surface area (Å²) in [5, 5.41) is 21.5. The number of alkyl halides is 4. The van der Waals surface area contributed by atoms with Gasteiger partial charge in [0, 0.05) is 19.6 Å². The molecule has 0 spiro atoms. The number of hydrogen-bond donors (Lipinski definition) is 3. The Morgan fingerprint density at radius 1 is 1.32 bits per heavy atom. The molecular weight excluding hydrogens is 500 g/mol. The Morgan fingerprint density at radius 2 is 2.03 bits per heavy atom. The second-order valence-corrected chi connectivity index (χ2v) is 10.4. The number of carbonyl (C=O) groups is 1. The second-order valence-electron chi connectivity index (χ2n) is 10.4. The number of allylic oxidation sites excluding steroid dienone is 3. The molecule has 2 fully saturated rings. The molecule has 0 saturated carbocycles. The first-order valence-electron chi connectivity index (χ1n) is 12.7. The number of rotatable bonds is 9. The number of halogens is 4. The normalized spacial score (nSPS) is 24.3. The standard InChI is InChI=1S/C28H36F4N4O2/c1-5-6-7-8-19(4)27(12-11-18(2)3)17-36(26(33)34-27)14-20-9-10-22(28(30,31)32)21(13-20)25(38)35-15-23(29)24(37)16-35/h5-10,13,18,23-24,37H,4,11-12,14-17H2,1-3H3,(H2,33,34)/b6-5-,8-7-/t23?,24?,27-/m0/s1. The minimum atomic E-state index is -4.79. The molecule has 10 heteroatoms. The van der Waals surface area contributed by atoms with E-state index in [-0.39, 0.29) is 19.0 Å². The molecule has 208 valence electrons. The van der Waals surface area contributed by atoms with Gasteiger partial charge in [-0.3, -0.25) is 10.2 Å². The Hall–Kier alpha value is -3.14. The van der Waals surface area contributed by atoms with E-state index in [0.29, 0.717) is 24.4 Å². The van der Waals surface area contributed by atoms with Crippen molar-refractivity contribution >= 4 is 11.9 Å². The van der Waals surface area contributed by atoms with Crippen molar-refractivity contribution in [3.05, 3.63) is 71.3 Å². The van der Waals surface area contributed by atoms with Crippen molar-refractivity contribution in [1.29, 1.82) is 5.41 Å². The molecule has 2 aliphatic heterocycles. The van der Waals surface area contributed by atoms with Crippen molar-refractivity contribution < 1.29 is 27.5 Å². The van der Waals surface area contributed by atoms with Crippen LogP contribution in [-0.4, -0.2) is 64.2 Å². The maximum atomic E-state index is 13.8. The Bertz CT molecular complexity index is 1100. The summed E-state index contributed by atoms with van der Waals surface area (Å²) in [6, 6.07) is 3.30. The topological polar surface area (TPSA) is 79.7 Å². The van der Waals surface area contributed by atoms with Gasteiger partial charge in [-0.1, -0.05) is 50.8 Å². The van der Waals surface area contributed by atoms with Crippen LogP contribution in [0.3, 0.4) is 0 Å². The molecule has 2 saturated heterocycles. The smallest absolute Gasteiger partial charge is 0.388 e. The molecule has 1 aromatic rings. The average molecular weight is 537 g/mol. The van der Waals surface area contributed by atoms with Crippen molar-refractivity contribution in [3.8, 4) is 0 Å². The van der Waals surface area contributed by atoms with E-state index >= 15 is 0 Å². The van der Waals surface area contributed by atoms with Gasteiger partial charge in [-0.25, -0.2) is 4.39 Å². The molecule has 2 aliphatic rings. The summed E-state index contributed by atoms with van der Waals surface area (Å²) in [6.45, 7) is 9.98. The fraction of sp³-hybridized carbons (Fsp3) is 0.500. The third-order valence-electron chi connectivity index (χ3n) is 7.00. The number of likely N-dealkylation sites (tertiary alicyclic amines) is 1. The van der Waals surface area contributed by atoms with Gasteiger partial charge < -0.3 is 20.2 Å². The molecule has 3 N–H and O–H groups in total. The van der Waals surface area contributed by atoms with Crippen molar-refractivity contribution in [2.24, 2.45) is 5.92 Å². The maximum Gasteiger partial charge on any atom is 0.417 e. The SMILES string of the molecule is C=C(/C=C\C=C/C)[C@]1(CCC(C)C)CN(Cc2ccc(C(F)(F)F)c(C(=O)N3CC(O)C(F)C3)c2)C(=N)N1. The number of guanidine groups is 1. The number of amides is 1. The van der Waals surface area contributed by atoms with E-state index in [1.807, 2.05) is 31.2 Å². The molecule has 6 nitrogen and oxygen atoms in total. The summed E-state index contributed by atoms with van der Waals surface area (Å²) in [6.07, 6.45) is 1.19. The van der Waals surface area contributed by atoms with E-state index in [1.165, 1.54) is 6.07 Å². The number of hydrogen-bond acceptors (Lipinski definition) is 3. The maximum absolute atomic E-state index is 13.8. The van der Waals surface area contributed by atoms with Crippen LogP contribution in [0.2, 0.25) is 0 Å².